The number of ether oxygens (including phenoxy) is 1. The molecule has 2 rings (SSSR count). The average molecular weight is 349 g/mol. The maximum Gasteiger partial charge on any atom is 0.133 e. The summed E-state index contributed by atoms with van der Waals surface area (Å²) >= 11 is 6.93. The molecule has 0 saturated carbocycles. The highest BCUT2D eigenvalue weighted by Crippen LogP contribution is 2.28. The minimum atomic E-state index is 0.643. The normalized spacial score (nSPS) is 20.8. The quantitative estimate of drug-likeness (QED) is 0.901. The average Bonchev–Trinajstić information content (AvgIpc) is 2.29. The van der Waals surface area contributed by atoms with Crippen LogP contribution in [0, 0.1) is 5.92 Å². The van der Waals surface area contributed by atoms with Crippen LogP contribution in [0.3, 0.4) is 0 Å². The molecule has 1 N–H and O–H groups in total. The maximum absolute atomic E-state index is 5.82. The van der Waals surface area contributed by atoms with Gasteiger partial charge in [-0.2, -0.15) is 0 Å². The first-order valence-corrected chi connectivity index (χ1v) is 7.13. The zero-order chi connectivity index (χ0) is 11.4. The Morgan fingerprint density at radius 2 is 2.25 bits per heavy atom. The van der Waals surface area contributed by atoms with Crippen molar-refractivity contribution in [2.45, 2.75) is 12.8 Å². The Morgan fingerprint density at radius 1 is 1.38 bits per heavy atom. The number of hydrogen-bond donors (Lipinski definition) is 1. The van der Waals surface area contributed by atoms with E-state index in [9.17, 15) is 0 Å². The molecule has 0 spiro atoms. The Labute approximate surface area is 113 Å². The standard InChI is InChI=1S/C12H15Br2NO/c13-10-3-4-12(11(14)6-10)16-8-9-2-1-5-15-7-9/h3-4,6,9,15H,1-2,5,7-8H2. The van der Waals surface area contributed by atoms with Crippen LogP contribution >= 0.6 is 31.9 Å². The lowest BCUT2D eigenvalue weighted by atomic mass is 10.0. The van der Waals surface area contributed by atoms with E-state index >= 15 is 0 Å². The predicted molar refractivity (Wildman–Crippen MR) is 72.9 cm³/mol. The van der Waals surface area contributed by atoms with E-state index in [4.69, 9.17) is 4.74 Å². The largest absolute Gasteiger partial charge is 0.492 e. The molecule has 88 valence electrons. The molecule has 0 radical (unpaired) electrons. The van der Waals surface area contributed by atoms with E-state index in [1.54, 1.807) is 0 Å². The highest BCUT2D eigenvalue weighted by molar-refractivity contribution is 9.11. The molecule has 1 aromatic carbocycles. The minimum absolute atomic E-state index is 0.643. The number of halogens is 2. The number of nitrogens with one attached hydrogen (secondary N) is 1. The minimum Gasteiger partial charge on any atom is -0.492 e. The number of piperidine rings is 1. The molecule has 1 atom stereocenters. The van der Waals surface area contributed by atoms with Crippen molar-refractivity contribution in [2.24, 2.45) is 5.92 Å². The third-order valence-electron chi connectivity index (χ3n) is 2.77. The van der Waals surface area contributed by atoms with Gasteiger partial charge in [0.15, 0.2) is 0 Å². The Kier molecular flexibility index (Phi) is 4.67. The van der Waals surface area contributed by atoms with Crippen molar-refractivity contribution in [3.05, 3.63) is 27.1 Å². The Morgan fingerprint density at radius 3 is 2.94 bits per heavy atom. The van der Waals surface area contributed by atoms with E-state index in [1.165, 1.54) is 12.8 Å². The fourth-order valence-corrected chi connectivity index (χ4v) is 3.03. The molecule has 0 aliphatic carbocycles. The second-order valence-corrected chi connectivity index (χ2v) is 5.87. The first-order valence-electron chi connectivity index (χ1n) is 5.54. The molecule has 1 aliphatic rings. The summed E-state index contributed by atoms with van der Waals surface area (Å²) in [6, 6.07) is 6.00. The third kappa shape index (κ3) is 3.47. The van der Waals surface area contributed by atoms with Crippen LogP contribution in [0.15, 0.2) is 27.1 Å². The van der Waals surface area contributed by atoms with Crippen LogP contribution in [-0.4, -0.2) is 19.7 Å². The highest BCUT2D eigenvalue weighted by atomic mass is 79.9. The van der Waals surface area contributed by atoms with Gasteiger partial charge in [0.25, 0.3) is 0 Å². The zero-order valence-corrected chi connectivity index (χ0v) is 12.2. The Hall–Kier alpha value is -0.0600. The van der Waals surface area contributed by atoms with Crippen LogP contribution in [0.25, 0.3) is 0 Å². The summed E-state index contributed by atoms with van der Waals surface area (Å²) in [4.78, 5) is 0. The van der Waals surface area contributed by atoms with E-state index in [2.05, 4.69) is 37.2 Å². The summed E-state index contributed by atoms with van der Waals surface area (Å²) in [6.45, 7) is 3.03. The molecule has 2 nitrogen and oxygen atoms in total. The predicted octanol–water partition coefficient (Wildman–Crippen LogP) is 3.59. The van der Waals surface area contributed by atoms with E-state index in [-0.39, 0.29) is 0 Å². The van der Waals surface area contributed by atoms with E-state index in [0.717, 1.165) is 34.4 Å². The van der Waals surface area contributed by atoms with Gasteiger partial charge >= 0.3 is 0 Å². The molecule has 1 aliphatic heterocycles. The second kappa shape index (κ2) is 6.03. The van der Waals surface area contributed by atoms with Gasteiger partial charge in [0.2, 0.25) is 0 Å². The second-order valence-electron chi connectivity index (χ2n) is 4.10. The van der Waals surface area contributed by atoms with E-state index < -0.39 is 0 Å². The maximum atomic E-state index is 5.82. The molecule has 0 aromatic heterocycles. The fraction of sp³-hybridized carbons (Fsp3) is 0.500. The lowest BCUT2D eigenvalue weighted by Gasteiger charge is -2.23. The smallest absolute Gasteiger partial charge is 0.133 e. The Balaban J connectivity index is 1.88. The lowest BCUT2D eigenvalue weighted by molar-refractivity contribution is 0.217. The summed E-state index contributed by atoms with van der Waals surface area (Å²) in [5.74, 6) is 1.57. The van der Waals surface area contributed by atoms with Crippen molar-refractivity contribution < 1.29 is 4.74 Å². The van der Waals surface area contributed by atoms with Crippen molar-refractivity contribution in [2.75, 3.05) is 19.7 Å². The van der Waals surface area contributed by atoms with Crippen LogP contribution in [0.5, 0.6) is 5.75 Å². The van der Waals surface area contributed by atoms with Gasteiger partial charge in [-0.15, -0.1) is 0 Å². The summed E-state index contributed by atoms with van der Waals surface area (Å²) in [5.41, 5.74) is 0. The molecule has 16 heavy (non-hydrogen) atoms. The van der Waals surface area contributed by atoms with Crippen LogP contribution in [0.4, 0.5) is 0 Å². The monoisotopic (exact) mass is 347 g/mol. The molecule has 1 heterocycles. The molecule has 0 bridgehead atoms. The highest BCUT2D eigenvalue weighted by Gasteiger charge is 2.14. The molecule has 1 aromatic rings. The SMILES string of the molecule is Brc1ccc(OCC2CCCNC2)c(Br)c1. The molecule has 1 fully saturated rings. The van der Waals surface area contributed by atoms with Crippen molar-refractivity contribution in [1.82, 2.24) is 5.32 Å². The van der Waals surface area contributed by atoms with Gasteiger partial charge in [-0.05, 0) is 53.5 Å². The summed E-state index contributed by atoms with van der Waals surface area (Å²) in [5, 5.41) is 3.40. The first-order chi connectivity index (χ1) is 7.75. The van der Waals surface area contributed by atoms with Crippen molar-refractivity contribution >= 4 is 31.9 Å². The number of benzene rings is 1. The topological polar surface area (TPSA) is 21.3 Å². The van der Waals surface area contributed by atoms with Crippen molar-refractivity contribution in [1.29, 1.82) is 0 Å². The number of rotatable bonds is 3. The summed E-state index contributed by atoms with van der Waals surface area (Å²) < 4.78 is 7.89. The van der Waals surface area contributed by atoms with Gasteiger partial charge in [-0.3, -0.25) is 0 Å². The van der Waals surface area contributed by atoms with Gasteiger partial charge in [0.05, 0.1) is 11.1 Å². The van der Waals surface area contributed by atoms with Gasteiger partial charge in [0, 0.05) is 16.9 Å². The fourth-order valence-electron chi connectivity index (χ4n) is 1.87. The zero-order valence-electron chi connectivity index (χ0n) is 9.01. The van der Waals surface area contributed by atoms with Crippen LogP contribution in [-0.2, 0) is 0 Å². The molecule has 0 amide bonds. The van der Waals surface area contributed by atoms with Gasteiger partial charge in [-0.1, -0.05) is 15.9 Å². The molecule has 1 saturated heterocycles. The Bertz CT molecular complexity index is 351. The third-order valence-corrected chi connectivity index (χ3v) is 3.88. The number of hydrogen-bond acceptors (Lipinski definition) is 2. The summed E-state index contributed by atoms with van der Waals surface area (Å²) in [7, 11) is 0. The first kappa shape index (κ1) is 12.4. The van der Waals surface area contributed by atoms with E-state index in [1.807, 2.05) is 18.2 Å². The lowest BCUT2D eigenvalue weighted by Crippen LogP contribution is -2.33. The summed E-state index contributed by atoms with van der Waals surface area (Å²) in [6.07, 6.45) is 2.52. The van der Waals surface area contributed by atoms with Crippen molar-refractivity contribution in [3.8, 4) is 5.75 Å². The molecule has 1 unspecified atom stereocenters. The molecular formula is C12H15Br2NO. The molecule has 4 heteroatoms. The van der Waals surface area contributed by atoms with Crippen LogP contribution < -0.4 is 10.1 Å². The van der Waals surface area contributed by atoms with Gasteiger partial charge < -0.3 is 10.1 Å². The molecular weight excluding hydrogens is 334 g/mol. The van der Waals surface area contributed by atoms with Crippen LogP contribution in [0.2, 0.25) is 0 Å². The van der Waals surface area contributed by atoms with Crippen molar-refractivity contribution in [3.63, 3.8) is 0 Å². The van der Waals surface area contributed by atoms with Crippen LogP contribution in [0.1, 0.15) is 12.8 Å². The van der Waals surface area contributed by atoms with Gasteiger partial charge in [0.1, 0.15) is 5.75 Å². The van der Waals surface area contributed by atoms with Gasteiger partial charge in [-0.25, -0.2) is 0 Å². The van der Waals surface area contributed by atoms with E-state index in [0.29, 0.717) is 5.92 Å².